The number of anilines is 1. The predicted molar refractivity (Wildman–Crippen MR) is 72.4 cm³/mol. The lowest BCUT2D eigenvalue weighted by atomic mass is 9.73. The van der Waals surface area contributed by atoms with Crippen molar-refractivity contribution in [2.24, 2.45) is 11.1 Å². The van der Waals surface area contributed by atoms with E-state index in [1.165, 1.54) is 6.42 Å². The number of nitrogens with one attached hydrogen (secondary N) is 1. The molecule has 1 aromatic heterocycles. The van der Waals surface area contributed by atoms with Gasteiger partial charge in [0, 0.05) is 18.4 Å². The van der Waals surface area contributed by atoms with E-state index < -0.39 is 5.41 Å². The summed E-state index contributed by atoms with van der Waals surface area (Å²) in [5.74, 6) is 0.00645. The van der Waals surface area contributed by atoms with Crippen LogP contribution in [-0.4, -0.2) is 17.4 Å². The van der Waals surface area contributed by atoms with Gasteiger partial charge < -0.3 is 11.1 Å². The van der Waals surface area contributed by atoms with E-state index in [2.05, 4.69) is 10.3 Å². The lowest BCUT2D eigenvalue weighted by Gasteiger charge is -2.34. The summed E-state index contributed by atoms with van der Waals surface area (Å²) < 4.78 is 0. The van der Waals surface area contributed by atoms with Crippen molar-refractivity contribution in [2.45, 2.75) is 32.1 Å². The van der Waals surface area contributed by atoms with Crippen LogP contribution >= 0.6 is 11.6 Å². The molecule has 1 saturated carbocycles. The Kier molecular flexibility index (Phi) is 4.19. The van der Waals surface area contributed by atoms with Crippen LogP contribution in [0.1, 0.15) is 32.1 Å². The third kappa shape index (κ3) is 2.82. The van der Waals surface area contributed by atoms with E-state index >= 15 is 0 Å². The molecule has 0 spiro atoms. The van der Waals surface area contributed by atoms with Crippen LogP contribution in [0.3, 0.4) is 0 Å². The van der Waals surface area contributed by atoms with E-state index in [1.807, 2.05) is 0 Å². The number of nitrogens with two attached hydrogens (primary N) is 1. The Hall–Kier alpha value is -1.13. The van der Waals surface area contributed by atoms with Crippen molar-refractivity contribution in [3.05, 3.63) is 23.5 Å². The number of rotatable bonds is 3. The molecule has 1 amide bonds. The highest BCUT2D eigenvalue weighted by Gasteiger charge is 2.38. The zero-order valence-corrected chi connectivity index (χ0v) is 11.0. The smallest absolute Gasteiger partial charge is 0.231 e. The van der Waals surface area contributed by atoms with E-state index in [0.717, 1.165) is 25.7 Å². The van der Waals surface area contributed by atoms with Crippen LogP contribution in [0, 0.1) is 5.41 Å². The van der Waals surface area contributed by atoms with Gasteiger partial charge in [-0.2, -0.15) is 0 Å². The minimum atomic E-state index is -0.409. The van der Waals surface area contributed by atoms with Gasteiger partial charge in [-0.1, -0.05) is 30.9 Å². The Morgan fingerprint density at radius 1 is 1.44 bits per heavy atom. The largest absolute Gasteiger partial charge is 0.329 e. The van der Waals surface area contributed by atoms with Crippen LogP contribution in [0.4, 0.5) is 5.69 Å². The molecule has 1 aliphatic rings. The number of hydrogen-bond donors (Lipinski definition) is 2. The van der Waals surface area contributed by atoms with Gasteiger partial charge in [-0.15, -0.1) is 0 Å². The summed E-state index contributed by atoms with van der Waals surface area (Å²) >= 11 is 5.80. The second-order valence-corrected chi connectivity index (χ2v) is 5.25. The number of amides is 1. The molecule has 1 heterocycles. The van der Waals surface area contributed by atoms with Crippen LogP contribution in [0.25, 0.3) is 0 Å². The van der Waals surface area contributed by atoms with Crippen molar-refractivity contribution in [3.63, 3.8) is 0 Å². The molecule has 1 fully saturated rings. The summed E-state index contributed by atoms with van der Waals surface area (Å²) in [5.41, 5.74) is 6.09. The molecule has 3 N–H and O–H groups in total. The first-order valence-corrected chi connectivity index (χ1v) is 6.67. The highest BCUT2D eigenvalue weighted by molar-refractivity contribution is 6.29. The van der Waals surface area contributed by atoms with Gasteiger partial charge in [0.25, 0.3) is 0 Å². The lowest BCUT2D eigenvalue weighted by molar-refractivity contribution is -0.126. The van der Waals surface area contributed by atoms with Crippen LogP contribution in [0.15, 0.2) is 18.3 Å². The maximum absolute atomic E-state index is 12.4. The maximum Gasteiger partial charge on any atom is 0.231 e. The van der Waals surface area contributed by atoms with Gasteiger partial charge >= 0.3 is 0 Å². The molecule has 0 bridgehead atoms. The fourth-order valence-corrected chi connectivity index (χ4v) is 2.67. The van der Waals surface area contributed by atoms with E-state index in [-0.39, 0.29) is 5.91 Å². The van der Waals surface area contributed by atoms with Gasteiger partial charge in [0.15, 0.2) is 0 Å². The summed E-state index contributed by atoms with van der Waals surface area (Å²) in [5, 5.41) is 3.27. The predicted octanol–water partition coefficient (Wildman–Crippen LogP) is 2.58. The fraction of sp³-hybridized carbons (Fsp3) is 0.538. The number of aromatic nitrogens is 1. The Bertz CT molecular complexity index is 430. The second-order valence-electron chi connectivity index (χ2n) is 4.87. The molecule has 5 heteroatoms. The molecule has 0 unspecified atom stereocenters. The number of pyridine rings is 1. The monoisotopic (exact) mass is 267 g/mol. The molecule has 1 aliphatic carbocycles. The van der Waals surface area contributed by atoms with Crippen molar-refractivity contribution < 1.29 is 4.79 Å². The first kappa shape index (κ1) is 13.3. The van der Waals surface area contributed by atoms with Crippen molar-refractivity contribution >= 4 is 23.2 Å². The Labute approximate surface area is 112 Å². The number of halogens is 1. The van der Waals surface area contributed by atoms with Crippen LogP contribution < -0.4 is 11.1 Å². The van der Waals surface area contributed by atoms with E-state index in [1.54, 1.807) is 18.3 Å². The number of carbonyl (C=O) groups is 1. The SMILES string of the molecule is NCC1(C(=O)Nc2ccnc(Cl)c2)CCCCC1. The minimum Gasteiger partial charge on any atom is -0.329 e. The number of carbonyl (C=O) groups excluding carboxylic acids is 1. The highest BCUT2D eigenvalue weighted by Crippen LogP contribution is 2.36. The minimum absolute atomic E-state index is 0.00645. The average Bonchev–Trinajstić information content (AvgIpc) is 2.39. The second kappa shape index (κ2) is 5.67. The summed E-state index contributed by atoms with van der Waals surface area (Å²) in [4.78, 5) is 16.3. The molecule has 98 valence electrons. The first-order chi connectivity index (χ1) is 8.66. The molecule has 2 rings (SSSR count). The number of hydrogen-bond acceptors (Lipinski definition) is 3. The summed E-state index contributed by atoms with van der Waals surface area (Å²) in [6, 6.07) is 3.38. The Balaban J connectivity index is 2.10. The van der Waals surface area contributed by atoms with Crippen LogP contribution in [-0.2, 0) is 4.79 Å². The summed E-state index contributed by atoms with van der Waals surface area (Å²) in [7, 11) is 0. The molecule has 4 nitrogen and oxygen atoms in total. The van der Waals surface area contributed by atoms with E-state index in [9.17, 15) is 4.79 Å². The van der Waals surface area contributed by atoms with Gasteiger partial charge in [0.2, 0.25) is 5.91 Å². The van der Waals surface area contributed by atoms with E-state index in [0.29, 0.717) is 17.4 Å². The molecule has 0 aromatic carbocycles. The molecule has 0 atom stereocenters. The van der Waals surface area contributed by atoms with Gasteiger partial charge in [-0.3, -0.25) is 4.79 Å². The number of nitrogens with zero attached hydrogens (tertiary/aromatic N) is 1. The highest BCUT2D eigenvalue weighted by atomic mass is 35.5. The van der Waals surface area contributed by atoms with E-state index in [4.69, 9.17) is 17.3 Å². The lowest BCUT2D eigenvalue weighted by Crippen LogP contribution is -2.43. The Morgan fingerprint density at radius 2 is 2.17 bits per heavy atom. The summed E-state index contributed by atoms with van der Waals surface area (Å²) in [6.07, 6.45) is 6.65. The molecule has 0 radical (unpaired) electrons. The van der Waals surface area contributed by atoms with Crippen LogP contribution in [0.2, 0.25) is 5.15 Å². The first-order valence-electron chi connectivity index (χ1n) is 6.29. The van der Waals surface area contributed by atoms with Crippen molar-refractivity contribution in [1.82, 2.24) is 4.98 Å². The fourth-order valence-electron chi connectivity index (χ4n) is 2.50. The molecule has 1 aromatic rings. The van der Waals surface area contributed by atoms with Gasteiger partial charge in [0.05, 0.1) is 5.41 Å². The third-order valence-electron chi connectivity index (χ3n) is 3.67. The van der Waals surface area contributed by atoms with Gasteiger partial charge in [-0.25, -0.2) is 4.98 Å². The standard InChI is InChI=1S/C13H18ClN3O/c14-11-8-10(4-7-16-11)17-12(18)13(9-15)5-2-1-3-6-13/h4,7-8H,1-3,5-6,9,15H2,(H,16,17,18). The van der Waals surface area contributed by atoms with Crippen LogP contribution in [0.5, 0.6) is 0 Å². The van der Waals surface area contributed by atoms with Crippen molar-refractivity contribution in [2.75, 3.05) is 11.9 Å². The normalized spacial score (nSPS) is 18.3. The topological polar surface area (TPSA) is 68.0 Å². The molecular weight excluding hydrogens is 250 g/mol. The Morgan fingerprint density at radius 3 is 2.78 bits per heavy atom. The molecule has 0 saturated heterocycles. The van der Waals surface area contributed by atoms with Crippen molar-refractivity contribution in [1.29, 1.82) is 0 Å². The third-order valence-corrected chi connectivity index (χ3v) is 3.87. The molecule has 18 heavy (non-hydrogen) atoms. The maximum atomic E-state index is 12.4. The average molecular weight is 268 g/mol. The van der Waals surface area contributed by atoms with Gasteiger partial charge in [0.1, 0.15) is 5.15 Å². The molecule has 0 aliphatic heterocycles. The molecular formula is C13H18ClN3O. The summed E-state index contributed by atoms with van der Waals surface area (Å²) in [6.45, 7) is 0.400. The zero-order valence-electron chi connectivity index (χ0n) is 10.3. The quantitative estimate of drug-likeness (QED) is 0.827. The van der Waals surface area contributed by atoms with Crippen molar-refractivity contribution in [3.8, 4) is 0 Å². The zero-order chi connectivity index (χ0) is 13.0. The van der Waals surface area contributed by atoms with Gasteiger partial charge in [-0.05, 0) is 25.0 Å².